The maximum absolute atomic E-state index is 13.1. The first-order chi connectivity index (χ1) is 12.2. The number of rotatable bonds is 3. The molecule has 0 unspecified atom stereocenters. The van der Waals surface area contributed by atoms with Gasteiger partial charge in [-0.15, -0.1) is 0 Å². The predicted molar refractivity (Wildman–Crippen MR) is 95.7 cm³/mol. The van der Waals surface area contributed by atoms with E-state index in [0.717, 1.165) is 44.3 Å². The molecule has 7 heteroatoms. The zero-order chi connectivity index (χ0) is 17.2. The molecule has 1 atom stereocenters. The van der Waals surface area contributed by atoms with E-state index in [-0.39, 0.29) is 11.9 Å². The molecular formula is C18H20ClN5O. The zero-order valence-electron chi connectivity index (χ0n) is 13.9. The van der Waals surface area contributed by atoms with Crippen molar-refractivity contribution in [3.05, 3.63) is 47.0 Å². The van der Waals surface area contributed by atoms with Crippen LogP contribution < -0.4 is 4.90 Å². The van der Waals surface area contributed by atoms with Gasteiger partial charge >= 0.3 is 0 Å². The van der Waals surface area contributed by atoms with Gasteiger partial charge in [0.15, 0.2) is 5.69 Å². The first-order valence-electron chi connectivity index (χ1n) is 8.72. The van der Waals surface area contributed by atoms with E-state index >= 15 is 0 Å². The van der Waals surface area contributed by atoms with Crippen molar-refractivity contribution in [2.75, 3.05) is 24.5 Å². The monoisotopic (exact) mass is 357 g/mol. The van der Waals surface area contributed by atoms with E-state index in [1.807, 2.05) is 17.0 Å². The lowest BCUT2D eigenvalue weighted by Gasteiger charge is -2.25. The molecule has 2 fully saturated rings. The van der Waals surface area contributed by atoms with E-state index in [2.05, 4.69) is 19.9 Å². The number of pyridine rings is 1. The number of nitrogens with zero attached hydrogens (tertiary/aromatic N) is 5. The fourth-order valence-corrected chi connectivity index (χ4v) is 3.83. The molecule has 6 nitrogen and oxygen atoms in total. The van der Waals surface area contributed by atoms with Crippen LogP contribution in [0.1, 0.15) is 47.8 Å². The third-order valence-corrected chi connectivity index (χ3v) is 5.20. The molecular weight excluding hydrogens is 338 g/mol. The Bertz CT molecular complexity index is 763. The first kappa shape index (κ1) is 16.3. The molecule has 2 aromatic rings. The molecule has 0 radical (unpaired) electrons. The highest BCUT2D eigenvalue weighted by atomic mass is 35.5. The Labute approximate surface area is 151 Å². The second kappa shape index (κ2) is 6.96. The number of halogens is 1. The largest absolute Gasteiger partial charge is 0.341 e. The smallest absolute Gasteiger partial charge is 0.274 e. The van der Waals surface area contributed by atoms with Crippen molar-refractivity contribution in [2.45, 2.75) is 31.7 Å². The summed E-state index contributed by atoms with van der Waals surface area (Å²) in [5, 5.41) is 0.313. The molecule has 2 aliphatic rings. The van der Waals surface area contributed by atoms with Gasteiger partial charge in [0.2, 0.25) is 5.95 Å². The Morgan fingerprint density at radius 2 is 1.88 bits per heavy atom. The van der Waals surface area contributed by atoms with Gasteiger partial charge in [0.05, 0.1) is 17.3 Å². The van der Waals surface area contributed by atoms with Gasteiger partial charge in [-0.3, -0.25) is 9.78 Å². The summed E-state index contributed by atoms with van der Waals surface area (Å²) in [6.07, 6.45) is 9.25. The van der Waals surface area contributed by atoms with Crippen molar-refractivity contribution in [3.8, 4) is 0 Å². The number of aromatic nitrogens is 3. The highest BCUT2D eigenvalue weighted by Gasteiger charge is 2.33. The summed E-state index contributed by atoms with van der Waals surface area (Å²) < 4.78 is 0. The van der Waals surface area contributed by atoms with Crippen molar-refractivity contribution >= 4 is 23.5 Å². The van der Waals surface area contributed by atoms with Crippen LogP contribution in [0.4, 0.5) is 5.95 Å². The zero-order valence-corrected chi connectivity index (χ0v) is 14.7. The van der Waals surface area contributed by atoms with Gasteiger partial charge in [0.25, 0.3) is 5.91 Å². The predicted octanol–water partition coefficient (Wildman–Crippen LogP) is 3.10. The highest BCUT2D eigenvalue weighted by Crippen LogP contribution is 2.33. The maximum Gasteiger partial charge on any atom is 0.274 e. The summed E-state index contributed by atoms with van der Waals surface area (Å²) in [6, 6.07) is 3.98. The van der Waals surface area contributed by atoms with E-state index in [1.165, 1.54) is 0 Å². The summed E-state index contributed by atoms with van der Waals surface area (Å²) in [6.45, 7) is 2.57. The second-order valence-electron chi connectivity index (χ2n) is 6.50. The summed E-state index contributed by atoms with van der Waals surface area (Å²) in [5.41, 5.74) is 1.41. The first-order valence-corrected chi connectivity index (χ1v) is 9.10. The summed E-state index contributed by atoms with van der Waals surface area (Å²) in [7, 11) is 0. The van der Waals surface area contributed by atoms with Crippen molar-refractivity contribution < 1.29 is 4.79 Å². The Hall–Kier alpha value is -2.21. The molecule has 0 N–H and O–H groups in total. The van der Waals surface area contributed by atoms with Gasteiger partial charge in [0, 0.05) is 32.0 Å². The van der Waals surface area contributed by atoms with Crippen LogP contribution in [0.5, 0.6) is 0 Å². The van der Waals surface area contributed by atoms with Crippen LogP contribution in [0.2, 0.25) is 5.02 Å². The number of amides is 1. The van der Waals surface area contributed by atoms with Gasteiger partial charge < -0.3 is 9.80 Å². The molecule has 2 saturated heterocycles. The number of likely N-dealkylation sites (tertiary alicyclic amines) is 1. The van der Waals surface area contributed by atoms with Crippen molar-refractivity contribution in [3.63, 3.8) is 0 Å². The second-order valence-corrected chi connectivity index (χ2v) is 6.91. The highest BCUT2D eigenvalue weighted by molar-refractivity contribution is 6.33. The number of hydrogen-bond acceptors (Lipinski definition) is 5. The van der Waals surface area contributed by atoms with Crippen LogP contribution in [-0.4, -0.2) is 45.4 Å². The molecule has 4 heterocycles. The normalized spacial score (nSPS) is 20.3. The number of hydrogen-bond donors (Lipinski definition) is 0. The summed E-state index contributed by atoms with van der Waals surface area (Å²) in [5.74, 6) is 0.483. The average Bonchev–Trinajstić information content (AvgIpc) is 3.34. The Balaban J connectivity index is 1.62. The third-order valence-electron chi connectivity index (χ3n) is 4.93. The van der Waals surface area contributed by atoms with E-state index in [4.69, 9.17) is 11.6 Å². The van der Waals surface area contributed by atoms with Crippen molar-refractivity contribution in [1.29, 1.82) is 0 Å². The Morgan fingerprint density at radius 3 is 2.64 bits per heavy atom. The van der Waals surface area contributed by atoms with Crippen LogP contribution in [0.3, 0.4) is 0 Å². The lowest BCUT2D eigenvalue weighted by Crippen LogP contribution is -2.32. The molecule has 2 aromatic heterocycles. The van der Waals surface area contributed by atoms with Crippen molar-refractivity contribution in [1.82, 2.24) is 19.9 Å². The molecule has 0 bridgehead atoms. The quantitative estimate of drug-likeness (QED) is 0.844. The van der Waals surface area contributed by atoms with Crippen LogP contribution in [0, 0.1) is 0 Å². The molecule has 0 aromatic carbocycles. The third kappa shape index (κ3) is 3.18. The van der Waals surface area contributed by atoms with Crippen LogP contribution in [0.15, 0.2) is 30.7 Å². The molecule has 4 rings (SSSR count). The Kier molecular flexibility index (Phi) is 4.53. The molecule has 130 valence electrons. The fourth-order valence-electron chi connectivity index (χ4n) is 3.66. The van der Waals surface area contributed by atoms with E-state index < -0.39 is 0 Å². The van der Waals surface area contributed by atoms with Gasteiger partial charge in [-0.2, -0.15) is 0 Å². The molecule has 0 aliphatic carbocycles. The standard InChI is InChI=1S/C18H20ClN5O/c19-14-12-21-18(23-9-1-2-10-23)22-16(14)17(25)24-11-3-4-15(24)13-5-7-20-8-6-13/h5-8,12,15H,1-4,9-11H2/t15-/m1/s1. The van der Waals surface area contributed by atoms with E-state index in [1.54, 1.807) is 18.6 Å². The summed E-state index contributed by atoms with van der Waals surface area (Å²) >= 11 is 6.27. The number of carbonyl (C=O) groups excluding carboxylic acids is 1. The minimum absolute atomic E-state index is 0.0526. The lowest BCUT2D eigenvalue weighted by molar-refractivity contribution is 0.0729. The van der Waals surface area contributed by atoms with Crippen LogP contribution >= 0.6 is 11.6 Å². The van der Waals surface area contributed by atoms with Gasteiger partial charge in [-0.1, -0.05) is 11.6 Å². The Morgan fingerprint density at radius 1 is 1.12 bits per heavy atom. The molecule has 25 heavy (non-hydrogen) atoms. The van der Waals surface area contributed by atoms with E-state index in [0.29, 0.717) is 23.2 Å². The molecule has 2 aliphatic heterocycles. The number of anilines is 1. The molecule has 0 spiro atoms. The summed E-state index contributed by atoms with van der Waals surface area (Å²) in [4.78, 5) is 30.0. The van der Waals surface area contributed by atoms with Gasteiger partial charge in [-0.05, 0) is 43.4 Å². The molecule has 1 amide bonds. The SMILES string of the molecule is O=C(c1nc(N2CCCC2)ncc1Cl)N1CCC[C@@H]1c1ccncc1. The van der Waals surface area contributed by atoms with Gasteiger partial charge in [-0.25, -0.2) is 9.97 Å². The number of carbonyl (C=O) groups is 1. The topological polar surface area (TPSA) is 62.2 Å². The minimum Gasteiger partial charge on any atom is -0.341 e. The average molecular weight is 358 g/mol. The minimum atomic E-state index is -0.118. The fraction of sp³-hybridized carbons (Fsp3) is 0.444. The lowest BCUT2D eigenvalue weighted by atomic mass is 10.1. The maximum atomic E-state index is 13.1. The van der Waals surface area contributed by atoms with E-state index in [9.17, 15) is 4.79 Å². The van der Waals surface area contributed by atoms with Gasteiger partial charge in [0.1, 0.15) is 0 Å². The van der Waals surface area contributed by atoms with Crippen LogP contribution in [0.25, 0.3) is 0 Å². The van der Waals surface area contributed by atoms with Crippen molar-refractivity contribution in [2.24, 2.45) is 0 Å². The van der Waals surface area contributed by atoms with Crippen LogP contribution in [-0.2, 0) is 0 Å². The molecule has 0 saturated carbocycles.